The van der Waals surface area contributed by atoms with Crippen molar-refractivity contribution in [1.82, 2.24) is 4.98 Å². The molecule has 21 heavy (non-hydrogen) atoms. The maximum Gasteiger partial charge on any atom is 0.340 e. The van der Waals surface area contributed by atoms with Crippen LogP contribution in [0.5, 0.6) is 5.88 Å². The first-order valence-corrected chi connectivity index (χ1v) is 7.32. The molecule has 0 bridgehead atoms. The van der Waals surface area contributed by atoms with Gasteiger partial charge in [0, 0.05) is 11.6 Å². The van der Waals surface area contributed by atoms with E-state index in [1.54, 1.807) is 12.1 Å². The van der Waals surface area contributed by atoms with Gasteiger partial charge in [-0.3, -0.25) is 10.1 Å². The number of nitro groups is 1. The van der Waals surface area contributed by atoms with Crippen LogP contribution in [0.4, 0.5) is 5.69 Å². The molecular weight excluding hydrogens is 296 g/mol. The molecule has 0 aliphatic carbocycles. The summed E-state index contributed by atoms with van der Waals surface area (Å²) in [4.78, 5) is 13.7. The summed E-state index contributed by atoms with van der Waals surface area (Å²) in [7, 11) is -4.01. The van der Waals surface area contributed by atoms with Crippen LogP contribution in [0.1, 0.15) is 11.1 Å². The molecule has 110 valence electrons. The summed E-state index contributed by atoms with van der Waals surface area (Å²) in [5.41, 5.74) is 0.984. The zero-order valence-corrected chi connectivity index (χ0v) is 12.1. The highest BCUT2D eigenvalue weighted by atomic mass is 32.2. The number of hydrogen-bond donors (Lipinski definition) is 0. The minimum atomic E-state index is -4.01. The molecule has 1 aromatic heterocycles. The highest BCUT2D eigenvalue weighted by molar-refractivity contribution is 7.87. The lowest BCUT2D eigenvalue weighted by molar-refractivity contribution is -0.385. The molecule has 2 aromatic rings. The number of aryl methyl sites for hydroxylation is 2. The third kappa shape index (κ3) is 3.34. The smallest absolute Gasteiger partial charge is 0.340 e. The first-order valence-electron chi connectivity index (χ1n) is 5.92. The molecule has 0 amide bonds. The largest absolute Gasteiger partial charge is 0.358 e. The lowest BCUT2D eigenvalue weighted by atomic mass is 10.2. The fraction of sp³-hybridized carbons (Fsp3) is 0.154. The van der Waals surface area contributed by atoms with E-state index in [4.69, 9.17) is 4.18 Å². The Bertz CT molecular complexity index is 785. The Balaban J connectivity index is 2.31. The van der Waals surface area contributed by atoms with Crippen LogP contribution in [0, 0.1) is 24.0 Å². The molecule has 0 aliphatic rings. The highest BCUT2D eigenvalue weighted by Gasteiger charge is 2.19. The van der Waals surface area contributed by atoms with E-state index >= 15 is 0 Å². The molecule has 0 fully saturated rings. The van der Waals surface area contributed by atoms with Gasteiger partial charge in [0.05, 0.1) is 4.92 Å². The zero-order chi connectivity index (χ0) is 15.6. The number of hydrogen-bond acceptors (Lipinski definition) is 6. The van der Waals surface area contributed by atoms with E-state index in [-0.39, 0.29) is 22.0 Å². The molecule has 0 atom stereocenters. The molecular formula is C13H12N2O5S. The minimum Gasteiger partial charge on any atom is -0.358 e. The standard InChI is InChI=1S/C13H12N2O5S/c1-9-3-5-11(6-4-9)21(18,19)20-13-7-10(2)12(8-14-13)15(16)17/h3-8H,1-2H3. The van der Waals surface area contributed by atoms with Crippen LogP contribution in [0.2, 0.25) is 0 Å². The van der Waals surface area contributed by atoms with Crippen molar-refractivity contribution in [2.45, 2.75) is 18.7 Å². The van der Waals surface area contributed by atoms with Crippen LogP contribution >= 0.6 is 0 Å². The van der Waals surface area contributed by atoms with Gasteiger partial charge in [-0.25, -0.2) is 4.98 Å². The molecule has 0 unspecified atom stereocenters. The second-order valence-corrected chi connectivity index (χ2v) is 5.96. The van der Waals surface area contributed by atoms with Crippen molar-refractivity contribution in [3.8, 4) is 5.88 Å². The van der Waals surface area contributed by atoms with E-state index in [1.165, 1.54) is 25.1 Å². The van der Waals surface area contributed by atoms with Crippen LogP contribution < -0.4 is 4.18 Å². The third-order valence-electron chi connectivity index (χ3n) is 2.76. The highest BCUT2D eigenvalue weighted by Crippen LogP contribution is 2.23. The van der Waals surface area contributed by atoms with Crippen molar-refractivity contribution >= 4 is 15.8 Å². The summed E-state index contributed by atoms with van der Waals surface area (Å²) in [6.07, 6.45) is 0.968. The Labute approximate surface area is 121 Å². The van der Waals surface area contributed by atoms with E-state index in [9.17, 15) is 18.5 Å². The number of pyridine rings is 1. The lowest BCUT2D eigenvalue weighted by Crippen LogP contribution is -2.11. The second kappa shape index (κ2) is 5.49. The first kappa shape index (κ1) is 14.9. The molecule has 8 heteroatoms. The first-order chi connectivity index (χ1) is 9.79. The predicted molar refractivity (Wildman–Crippen MR) is 74.6 cm³/mol. The molecule has 0 radical (unpaired) electrons. The second-order valence-electron chi connectivity index (χ2n) is 4.42. The molecule has 0 N–H and O–H groups in total. The molecule has 0 saturated carbocycles. The maximum absolute atomic E-state index is 12.0. The van der Waals surface area contributed by atoms with E-state index < -0.39 is 15.0 Å². The van der Waals surface area contributed by atoms with E-state index in [0.717, 1.165) is 11.8 Å². The van der Waals surface area contributed by atoms with Crippen molar-refractivity contribution in [2.75, 3.05) is 0 Å². The van der Waals surface area contributed by atoms with Crippen LogP contribution in [-0.2, 0) is 10.1 Å². The van der Waals surface area contributed by atoms with Gasteiger partial charge >= 0.3 is 10.1 Å². The molecule has 0 spiro atoms. The van der Waals surface area contributed by atoms with Gasteiger partial charge in [0.2, 0.25) is 5.88 Å². The van der Waals surface area contributed by atoms with Crippen molar-refractivity contribution in [3.05, 3.63) is 57.8 Å². The average molecular weight is 308 g/mol. The molecule has 0 aliphatic heterocycles. The Kier molecular flexibility index (Phi) is 3.90. The Hall–Kier alpha value is -2.48. The Morgan fingerprint density at radius 3 is 2.33 bits per heavy atom. The van der Waals surface area contributed by atoms with Crippen molar-refractivity contribution in [1.29, 1.82) is 0 Å². The Morgan fingerprint density at radius 2 is 1.81 bits per heavy atom. The van der Waals surface area contributed by atoms with Crippen LogP contribution in [0.25, 0.3) is 0 Å². The summed E-state index contributed by atoms with van der Waals surface area (Å²) < 4.78 is 29.0. The summed E-state index contributed by atoms with van der Waals surface area (Å²) in [5, 5.41) is 10.7. The molecule has 2 rings (SSSR count). The molecule has 1 heterocycles. The number of aromatic nitrogens is 1. The predicted octanol–water partition coefficient (Wildman–Crippen LogP) is 2.37. The number of nitrogens with zero attached hydrogens (tertiary/aromatic N) is 2. The summed E-state index contributed by atoms with van der Waals surface area (Å²) in [5.74, 6) is -0.210. The van der Waals surface area contributed by atoms with Gasteiger partial charge < -0.3 is 4.18 Å². The zero-order valence-electron chi connectivity index (χ0n) is 11.3. The Morgan fingerprint density at radius 1 is 1.19 bits per heavy atom. The third-order valence-corrected chi connectivity index (χ3v) is 4.00. The van der Waals surface area contributed by atoms with Crippen molar-refractivity contribution in [2.24, 2.45) is 0 Å². The fourth-order valence-corrected chi connectivity index (χ4v) is 2.51. The lowest BCUT2D eigenvalue weighted by Gasteiger charge is -2.07. The maximum atomic E-state index is 12.0. The van der Waals surface area contributed by atoms with E-state index in [2.05, 4.69) is 4.98 Å². The van der Waals surface area contributed by atoms with Gasteiger partial charge in [0.1, 0.15) is 11.1 Å². The van der Waals surface area contributed by atoms with Crippen LogP contribution in [0.3, 0.4) is 0 Å². The summed E-state index contributed by atoms with van der Waals surface area (Å²) in [6.45, 7) is 3.31. The van der Waals surface area contributed by atoms with Crippen LogP contribution in [-0.4, -0.2) is 18.3 Å². The van der Waals surface area contributed by atoms with E-state index in [1.807, 2.05) is 6.92 Å². The van der Waals surface area contributed by atoms with E-state index in [0.29, 0.717) is 0 Å². The van der Waals surface area contributed by atoms with Gasteiger partial charge in [-0.05, 0) is 26.0 Å². The fourth-order valence-electron chi connectivity index (χ4n) is 1.63. The summed E-state index contributed by atoms with van der Waals surface area (Å²) in [6, 6.07) is 7.34. The van der Waals surface area contributed by atoms with Crippen molar-refractivity contribution in [3.63, 3.8) is 0 Å². The van der Waals surface area contributed by atoms with Crippen LogP contribution in [0.15, 0.2) is 41.4 Å². The minimum absolute atomic E-state index is 0.00842. The average Bonchev–Trinajstić information content (AvgIpc) is 2.38. The van der Waals surface area contributed by atoms with Gasteiger partial charge in [0.25, 0.3) is 5.69 Å². The van der Waals surface area contributed by atoms with Gasteiger partial charge in [-0.1, -0.05) is 17.7 Å². The number of benzene rings is 1. The van der Waals surface area contributed by atoms with Gasteiger partial charge in [-0.2, -0.15) is 8.42 Å². The summed E-state index contributed by atoms with van der Waals surface area (Å²) >= 11 is 0. The quantitative estimate of drug-likeness (QED) is 0.488. The number of rotatable bonds is 4. The topological polar surface area (TPSA) is 99.4 Å². The monoisotopic (exact) mass is 308 g/mol. The SMILES string of the molecule is Cc1ccc(S(=O)(=O)Oc2cc(C)c([N+](=O)[O-])cn2)cc1. The van der Waals surface area contributed by atoms with Gasteiger partial charge in [0.15, 0.2) is 0 Å². The molecule has 7 nitrogen and oxygen atoms in total. The van der Waals surface area contributed by atoms with Gasteiger partial charge in [-0.15, -0.1) is 0 Å². The normalized spacial score (nSPS) is 11.1. The molecule has 0 saturated heterocycles. The molecule has 1 aromatic carbocycles. The van der Waals surface area contributed by atoms with Crippen molar-refractivity contribution < 1.29 is 17.5 Å².